The van der Waals surface area contributed by atoms with E-state index in [1.165, 1.54) is 0 Å². The van der Waals surface area contributed by atoms with E-state index in [9.17, 15) is 87.4 Å². The van der Waals surface area contributed by atoms with E-state index in [4.69, 9.17) is 4.55 Å². The molecule has 0 bridgehead atoms. The molecule has 4 nitrogen and oxygen atoms in total. The number of rotatable bonds is 9. The van der Waals surface area contributed by atoms with Gasteiger partial charge in [0.25, 0.3) is 0 Å². The van der Waals surface area contributed by atoms with Gasteiger partial charge < -0.3 is 6.15 Å². The molecule has 0 aliphatic carbocycles. The topological polar surface area (TPSA) is 89.4 Å². The maximum Gasteiger partial charge on any atom is 0.438 e. The van der Waals surface area contributed by atoms with Gasteiger partial charge in [-0.05, 0) is 0 Å². The molecule has 0 aliphatic heterocycles. The van der Waals surface area contributed by atoms with E-state index >= 15 is 0 Å². The van der Waals surface area contributed by atoms with Gasteiger partial charge in [0.05, 0.1) is 0 Å². The van der Waals surface area contributed by atoms with Crippen molar-refractivity contribution in [2.24, 2.45) is 0 Å². The molecule has 0 heterocycles. The van der Waals surface area contributed by atoms with E-state index in [-0.39, 0.29) is 6.15 Å². The fraction of sp³-hybridized carbons (Fsp3) is 1.00. The van der Waals surface area contributed by atoms with E-state index in [1.807, 2.05) is 0 Å². The largest absolute Gasteiger partial charge is 0.438 e. The van der Waals surface area contributed by atoms with Crippen LogP contribution in [-0.2, 0) is 10.1 Å². The molecular weight excluding hydrogens is 556 g/mol. The molecule has 0 saturated heterocycles. The quantitative estimate of drug-likeness (QED) is 0.277. The van der Waals surface area contributed by atoms with Crippen molar-refractivity contribution >= 4 is 10.1 Å². The van der Waals surface area contributed by atoms with Crippen molar-refractivity contribution in [1.29, 1.82) is 0 Å². The van der Waals surface area contributed by atoms with E-state index in [0.29, 0.717) is 0 Å². The highest BCUT2D eigenvalue weighted by atomic mass is 32.2. The second-order valence-corrected chi connectivity index (χ2v) is 7.36. The average molecular weight is 563 g/mol. The van der Waals surface area contributed by atoms with Crippen molar-refractivity contribution in [3.8, 4) is 0 Å². The third-order valence-electron chi connectivity index (χ3n) is 3.61. The Kier molecular flexibility index (Phi) is 8.00. The molecule has 4 N–H and O–H groups in total. The Morgan fingerprint density at radius 3 is 0.818 bits per heavy atom. The molecule has 0 aromatic carbocycles. The van der Waals surface area contributed by atoms with Gasteiger partial charge in [0.15, 0.2) is 0 Å². The number of halogens is 18. The zero-order valence-electron chi connectivity index (χ0n) is 14.7. The monoisotopic (exact) mass is 563 g/mol. The van der Waals surface area contributed by atoms with Crippen LogP contribution in [0.4, 0.5) is 79.0 Å². The lowest BCUT2D eigenvalue weighted by Gasteiger charge is -2.43. The fourth-order valence-corrected chi connectivity index (χ4v) is 2.06. The number of hydrogen-bond acceptors (Lipinski definition) is 3. The maximum atomic E-state index is 13.3. The Hall–Kier alpha value is -1.39. The Bertz CT molecular complexity index is 829. The minimum Gasteiger partial charge on any atom is -0.344 e. The summed E-state index contributed by atoms with van der Waals surface area (Å²) in [4.78, 5) is 0. The minimum atomic E-state index is -9.00. The molecule has 0 saturated carbocycles. The smallest absolute Gasteiger partial charge is 0.344 e. The zero-order chi connectivity index (χ0) is 27.0. The Labute approximate surface area is 169 Å². The van der Waals surface area contributed by atoms with Gasteiger partial charge >= 0.3 is 62.8 Å². The van der Waals surface area contributed by atoms with Crippen molar-refractivity contribution in [2.75, 3.05) is 0 Å². The molecule has 0 rings (SSSR count). The molecule has 33 heavy (non-hydrogen) atoms. The summed E-state index contributed by atoms with van der Waals surface area (Å²) in [6.45, 7) is -1.37. The van der Waals surface area contributed by atoms with Gasteiger partial charge in [0.2, 0.25) is 0 Å². The first-order valence-corrected chi connectivity index (χ1v) is 8.06. The fourth-order valence-electron chi connectivity index (χ4n) is 1.61. The molecule has 0 fully saturated rings. The third-order valence-corrected chi connectivity index (χ3v) is 4.51. The molecule has 0 aromatic heterocycles. The van der Waals surface area contributed by atoms with E-state index in [0.717, 1.165) is 0 Å². The molecule has 0 amide bonds. The summed E-state index contributed by atoms with van der Waals surface area (Å²) >= 11 is 0. The van der Waals surface area contributed by atoms with Crippen LogP contribution in [-0.4, -0.2) is 65.6 Å². The van der Waals surface area contributed by atoms with E-state index in [1.54, 1.807) is 0 Å². The van der Waals surface area contributed by atoms with Gasteiger partial charge in [0, 0.05) is 6.92 Å². The first-order chi connectivity index (χ1) is 13.2. The van der Waals surface area contributed by atoms with Gasteiger partial charge in [-0.1, -0.05) is 0 Å². The van der Waals surface area contributed by atoms with Crippen molar-refractivity contribution in [3.05, 3.63) is 0 Å². The van der Waals surface area contributed by atoms with Crippen LogP contribution in [0.3, 0.4) is 0 Å². The average Bonchev–Trinajstić information content (AvgIpc) is 2.51. The van der Waals surface area contributed by atoms with E-state index in [2.05, 4.69) is 0 Å². The summed E-state index contributed by atoms with van der Waals surface area (Å²) < 4.78 is 262. The highest BCUT2D eigenvalue weighted by Crippen LogP contribution is 2.65. The predicted molar refractivity (Wildman–Crippen MR) is 66.8 cm³/mol. The van der Waals surface area contributed by atoms with Crippen molar-refractivity contribution in [1.82, 2.24) is 6.15 Å². The van der Waals surface area contributed by atoms with Crippen LogP contribution >= 0.6 is 0 Å². The van der Waals surface area contributed by atoms with Crippen molar-refractivity contribution in [2.45, 2.75) is 59.6 Å². The summed E-state index contributed by atoms with van der Waals surface area (Å²) in [7, 11) is -7.95. The van der Waals surface area contributed by atoms with Crippen molar-refractivity contribution in [3.63, 3.8) is 0 Å². The Morgan fingerprint density at radius 1 is 0.455 bits per heavy atom. The second-order valence-electron chi connectivity index (χ2n) is 5.90. The predicted octanol–water partition coefficient (Wildman–Crippen LogP) is 5.73. The van der Waals surface area contributed by atoms with Crippen molar-refractivity contribution < 1.29 is 92.0 Å². The Balaban J connectivity index is 0. The summed E-state index contributed by atoms with van der Waals surface area (Å²) in [6, 6.07) is 0. The second kappa shape index (κ2) is 7.81. The van der Waals surface area contributed by atoms with Gasteiger partial charge in [-0.2, -0.15) is 87.4 Å². The van der Waals surface area contributed by atoms with Crippen LogP contribution in [0.5, 0.6) is 0 Å². The first kappa shape index (κ1) is 33.8. The number of alkyl halides is 18. The minimum absolute atomic E-state index is 0. The number of hydrogen-bond donors (Lipinski definition) is 2. The maximum absolute atomic E-state index is 13.3. The normalized spacial score (nSPS) is 16.5. The molecule has 0 atom stereocenters. The van der Waals surface area contributed by atoms with Gasteiger partial charge in [-0.3, -0.25) is 4.55 Å². The zero-order valence-corrected chi connectivity index (χ0v) is 15.5. The summed E-state index contributed by atoms with van der Waals surface area (Å²) in [5.74, 6) is -66.9. The van der Waals surface area contributed by atoms with Gasteiger partial charge in [-0.15, -0.1) is 0 Å². The molecule has 0 aliphatic rings. The Morgan fingerprint density at radius 2 is 0.636 bits per heavy atom. The van der Waals surface area contributed by atoms with E-state index < -0.39 is 69.7 Å². The summed E-state index contributed by atoms with van der Waals surface area (Å²) in [5, 5.41) is -7.90. The third kappa shape index (κ3) is 3.95. The molecule has 23 heteroatoms. The molecule has 0 spiro atoms. The SMILES string of the molecule is CC(F)(F)C(F)(F)C(F)(F)C(F)(F)C(F)(F)C(F)(F)C(F)(F)C(F)(F)C(F)(F)S(=O)(=O)O.N. The van der Waals surface area contributed by atoms with Crippen LogP contribution in [0.15, 0.2) is 0 Å². The lowest BCUT2D eigenvalue weighted by atomic mass is 9.88. The van der Waals surface area contributed by atoms with Gasteiger partial charge in [0.1, 0.15) is 0 Å². The standard InChI is InChI=1S/C10H4F18O3S.H3N/c1-2(11,12)3(13,14)4(15,16)5(17,18)6(19,20)7(21,22)8(23,24)9(25,26)10(27,28)32(29,30)31;/h1H3,(H,29,30,31);1H3. The summed E-state index contributed by atoms with van der Waals surface area (Å²) in [5.41, 5.74) is 0. The molecular formula is C10H7F18NO3S. The highest BCUT2D eigenvalue weighted by molar-refractivity contribution is 7.87. The summed E-state index contributed by atoms with van der Waals surface area (Å²) in [6.07, 6.45) is 0. The molecule has 0 radical (unpaired) electrons. The first-order valence-electron chi connectivity index (χ1n) is 6.62. The van der Waals surface area contributed by atoms with Crippen LogP contribution in [0.1, 0.15) is 6.92 Å². The van der Waals surface area contributed by atoms with Crippen LogP contribution in [0.2, 0.25) is 0 Å². The molecule has 0 unspecified atom stereocenters. The van der Waals surface area contributed by atoms with Crippen LogP contribution in [0, 0.1) is 0 Å². The molecule has 0 aromatic rings. The molecule has 202 valence electrons. The van der Waals surface area contributed by atoms with Crippen LogP contribution in [0.25, 0.3) is 0 Å². The van der Waals surface area contributed by atoms with Gasteiger partial charge in [-0.25, -0.2) is 0 Å². The highest BCUT2D eigenvalue weighted by Gasteiger charge is 2.97. The lowest BCUT2D eigenvalue weighted by Crippen LogP contribution is -2.76. The van der Waals surface area contributed by atoms with Crippen LogP contribution < -0.4 is 6.15 Å². The lowest BCUT2D eigenvalue weighted by molar-refractivity contribution is -0.458.